The molecule has 1 aliphatic rings. The zero-order valence-electron chi connectivity index (χ0n) is 39.6. The lowest BCUT2D eigenvalue weighted by Crippen LogP contribution is -2.49. The molecule has 1 aromatic heterocycles. The maximum atomic E-state index is 15.3. The van der Waals surface area contributed by atoms with Gasteiger partial charge in [0.1, 0.15) is 24.1 Å². The van der Waals surface area contributed by atoms with Crippen LogP contribution in [0.3, 0.4) is 0 Å². The molecule has 7 N–H and O–H groups in total. The number of aromatic nitrogens is 2. The van der Waals surface area contributed by atoms with Gasteiger partial charge in [0.2, 0.25) is 17.7 Å². The number of Topliss-reactive ketones (excluding diaryl/α,β-unsaturated/α-hetero) is 1. The van der Waals surface area contributed by atoms with Crippen molar-refractivity contribution in [2.45, 2.75) is 111 Å². The number of urea groups is 1. The van der Waals surface area contributed by atoms with Crippen LogP contribution in [-0.4, -0.2) is 106 Å². The minimum absolute atomic E-state index is 0.0260. The number of imide groups is 1. The van der Waals surface area contributed by atoms with Gasteiger partial charge in [-0.2, -0.15) is 0 Å². The predicted molar refractivity (Wildman–Crippen MR) is 250 cm³/mol. The summed E-state index contributed by atoms with van der Waals surface area (Å²) in [5.41, 5.74) is 11.3. The van der Waals surface area contributed by atoms with Crippen LogP contribution in [0.1, 0.15) is 103 Å². The number of primary amides is 1. The van der Waals surface area contributed by atoms with Crippen LogP contribution in [0, 0.1) is 28.9 Å². The van der Waals surface area contributed by atoms with Gasteiger partial charge in [0.15, 0.2) is 5.78 Å². The van der Waals surface area contributed by atoms with Gasteiger partial charge in [-0.3, -0.25) is 33.7 Å². The van der Waals surface area contributed by atoms with Gasteiger partial charge in [0.25, 0.3) is 11.8 Å². The first kappa shape index (κ1) is 54.2. The number of carbonyl (C=O) groups is 7. The van der Waals surface area contributed by atoms with Crippen LogP contribution < -0.4 is 27.4 Å². The smallest absolute Gasteiger partial charge is 0.312 e. The third-order valence-corrected chi connectivity index (χ3v) is 11.6. The molecule has 2 aromatic carbocycles. The number of benzene rings is 2. The van der Waals surface area contributed by atoms with E-state index in [1.807, 2.05) is 51.1 Å². The Balaban J connectivity index is 1.56. The monoisotopic (exact) mass is 950 g/mol. The number of halogens is 3. The summed E-state index contributed by atoms with van der Waals surface area (Å²) in [5, 5.41) is 7.95. The molecule has 4 rings (SSSR count). The highest BCUT2D eigenvalue weighted by atomic mass is 19.1. The molecule has 2 heterocycles. The Morgan fingerprint density at radius 2 is 1.59 bits per heavy atom. The van der Waals surface area contributed by atoms with E-state index in [-0.39, 0.29) is 93.2 Å². The Labute approximate surface area is 395 Å². The lowest BCUT2D eigenvalue weighted by molar-refractivity contribution is -0.139. The highest BCUT2D eigenvalue weighted by Gasteiger charge is 2.39. The molecule has 68 heavy (non-hydrogen) atoms. The van der Waals surface area contributed by atoms with Crippen LogP contribution in [0.25, 0.3) is 11.3 Å². The molecule has 0 aliphatic carbocycles. The minimum atomic E-state index is -1.01. The summed E-state index contributed by atoms with van der Waals surface area (Å²) in [5.74, 6) is -5.25. The molecular weight excluding hydrogens is 884 g/mol. The lowest BCUT2D eigenvalue weighted by Gasteiger charge is -2.40. The van der Waals surface area contributed by atoms with E-state index in [1.54, 1.807) is 24.6 Å². The van der Waals surface area contributed by atoms with E-state index in [4.69, 9.17) is 16.5 Å². The van der Waals surface area contributed by atoms with E-state index in [9.17, 15) is 42.3 Å². The number of amides is 7. The first-order chi connectivity index (χ1) is 32.2. The van der Waals surface area contributed by atoms with Crippen molar-refractivity contribution in [2.75, 3.05) is 32.9 Å². The fourth-order valence-electron chi connectivity index (χ4n) is 8.07. The summed E-state index contributed by atoms with van der Waals surface area (Å²) in [6, 6.07) is 8.79. The molecule has 0 radical (unpaired) electrons. The number of rotatable bonds is 27. The molecule has 7 amide bonds. The molecule has 1 aliphatic heterocycles. The van der Waals surface area contributed by atoms with Crippen LogP contribution in [-0.2, 0) is 35.3 Å². The van der Waals surface area contributed by atoms with E-state index in [1.165, 1.54) is 17.1 Å². The van der Waals surface area contributed by atoms with Gasteiger partial charge >= 0.3 is 6.03 Å². The van der Waals surface area contributed by atoms with Gasteiger partial charge in [0, 0.05) is 74.9 Å². The van der Waals surface area contributed by atoms with Crippen LogP contribution in [0.15, 0.2) is 66.9 Å². The number of ketones is 1. The SMILES string of the molecule is CC(C)[C@H](NC(=O)CCCCCN1C(=O)C=CC1=O)C(=O)CC(CCCNC(N)=O)C(=O)NCC(=O)N(CC[C@H](N)CF)[C@@H](c1nc(-c2cc(F)ccc2F)cn1Cc1ccccc1)C(C)(C)C. The molecule has 0 saturated carbocycles. The Bertz CT molecular complexity index is 2250. The molecule has 0 spiro atoms. The lowest BCUT2D eigenvalue weighted by atomic mass is 9.84. The van der Waals surface area contributed by atoms with Crippen molar-refractivity contribution in [1.29, 1.82) is 0 Å². The van der Waals surface area contributed by atoms with Gasteiger partial charge < -0.3 is 36.9 Å². The molecule has 0 fully saturated rings. The molecule has 19 heteroatoms. The van der Waals surface area contributed by atoms with Gasteiger partial charge in [-0.1, -0.05) is 71.4 Å². The van der Waals surface area contributed by atoms with Crippen LogP contribution in [0.5, 0.6) is 0 Å². The van der Waals surface area contributed by atoms with Gasteiger partial charge in [-0.25, -0.2) is 22.9 Å². The number of unbranched alkanes of at least 4 members (excludes halogenated alkanes) is 2. The molecule has 3 aromatic rings. The second-order valence-electron chi connectivity index (χ2n) is 18.6. The van der Waals surface area contributed by atoms with E-state index >= 15 is 4.39 Å². The fraction of sp³-hybridized carbons (Fsp3) is 0.510. The van der Waals surface area contributed by atoms with Crippen molar-refractivity contribution in [3.05, 3.63) is 89.9 Å². The summed E-state index contributed by atoms with van der Waals surface area (Å²) in [6.45, 7) is 8.15. The average Bonchev–Trinajstić information content (AvgIpc) is 3.84. The molecular formula is C49H66F3N9O7. The highest BCUT2D eigenvalue weighted by molar-refractivity contribution is 6.12. The molecule has 4 atom stereocenters. The Hall–Kier alpha value is -6.37. The van der Waals surface area contributed by atoms with Crippen molar-refractivity contribution in [3.8, 4) is 11.3 Å². The van der Waals surface area contributed by atoms with E-state index in [0.717, 1.165) is 28.7 Å². The average molecular weight is 950 g/mol. The predicted octanol–water partition coefficient (Wildman–Crippen LogP) is 5.25. The second kappa shape index (κ2) is 25.7. The Kier molecular flexibility index (Phi) is 20.5. The maximum absolute atomic E-state index is 15.3. The first-order valence-corrected chi connectivity index (χ1v) is 23.0. The number of nitrogens with zero attached hydrogens (tertiary/aromatic N) is 4. The summed E-state index contributed by atoms with van der Waals surface area (Å²) in [4.78, 5) is 98.1. The first-order valence-electron chi connectivity index (χ1n) is 23.0. The fourth-order valence-corrected chi connectivity index (χ4v) is 8.07. The number of imidazole rings is 1. The quantitative estimate of drug-likeness (QED) is 0.0496. The number of hydrogen-bond acceptors (Lipinski definition) is 9. The van der Waals surface area contributed by atoms with Crippen molar-refractivity contribution >= 4 is 41.4 Å². The molecule has 16 nitrogen and oxygen atoms in total. The van der Waals surface area contributed by atoms with Gasteiger partial charge in [-0.05, 0) is 67.2 Å². The standard InChI is InChI=1S/C49H66F3N9O7/c1-31(2)44(58-40(63)16-10-7-11-23-60-41(64)19-20-42(60)65)39(62)25-33(15-12-22-55-48(54)68)47(67)56-28-43(66)61(24-21-35(53)27-50)45(49(3,4)5)46-57-38(36-26-34(51)17-18-37(36)52)30-59(46)29-32-13-8-6-9-14-32/h6,8-9,13-14,17-20,26,30-31,33,35,44-45H,7,10-12,15-16,21-25,27-29,53H2,1-5H3,(H,56,67)(H,58,63)(H3,54,55,68)/t33?,35-,44-,45-/m0/s1. The summed E-state index contributed by atoms with van der Waals surface area (Å²) in [6.07, 6.45) is 5.62. The van der Waals surface area contributed by atoms with E-state index in [0.29, 0.717) is 25.1 Å². The number of nitrogens with one attached hydrogen (secondary N) is 3. The van der Waals surface area contributed by atoms with Crippen LogP contribution >= 0.6 is 0 Å². The number of alkyl halides is 1. The third kappa shape index (κ3) is 16.2. The van der Waals surface area contributed by atoms with Crippen molar-refractivity contribution < 1.29 is 46.7 Å². The van der Waals surface area contributed by atoms with Crippen LogP contribution in [0.2, 0.25) is 0 Å². The summed E-state index contributed by atoms with van der Waals surface area (Å²) in [7, 11) is 0. The second-order valence-corrected chi connectivity index (χ2v) is 18.6. The number of nitrogens with two attached hydrogens (primary N) is 2. The van der Waals surface area contributed by atoms with E-state index in [2.05, 4.69) is 16.0 Å². The normalized spacial score (nSPS) is 14.4. The number of carbonyl (C=O) groups excluding carboxylic acids is 7. The largest absolute Gasteiger partial charge is 0.352 e. The molecule has 0 saturated heterocycles. The third-order valence-electron chi connectivity index (χ3n) is 11.6. The van der Waals surface area contributed by atoms with Crippen molar-refractivity contribution in [1.82, 2.24) is 35.3 Å². The van der Waals surface area contributed by atoms with Crippen molar-refractivity contribution in [3.63, 3.8) is 0 Å². The molecule has 370 valence electrons. The summed E-state index contributed by atoms with van der Waals surface area (Å²) >= 11 is 0. The van der Waals surface area contributed by atoms with Crippen LogP contribution in [0.4, 0.5) is 18.0 Å². The van der Waals surface area contributed by atoms with Crippen molar-refractivity contribution in [2.24, 2.45) is 28.7 Å². The Morgan fingerprint density at radius 1 is 0.897 bits per heavy atom. The zero-order valence-corrected chi connectivity index (χ0v) is 39.6. The molecule has 1 unspecified atom stereocenters. The summed E-state index contributed by atoms with van der Waals surface area (Å²) < 4.78 is 45.4. The topological polar surface area (TPSA) is 232 Å². The Morgan fingerprint density at radius 3 is 2.22 bits per heavy atom. The maximum Gasteiger partial charge on any atom is 0.312 e. The minimum Gasteiger partial charge on any atom is -0.352 e. The van der Waals surface area contributed by atoms with Gasteiger partial charge in [-0.15, -0.1) is 0 Å². The highest BCUT2D eigenvalue weighted by Crippen LogP contribution is 2.40. The zero-order chi connectivity index (χ0) is 50.1. The van der Waals surface area contributed by atoms with E-state index < -0.39 is 77.9 Å². The number of hydrogen-bond donors (Lipinski definition) is 5. The molecule has 0 bridgehead atoms. The van der Waals surface area contributed by atoms with Gasteiger partial charge in [0.05, 0.1) is 24.3 Å².